The molecule has 0 radical (unpaired) electrons. The fourth-order valence-electron chi connectivity index (χ4n) is 4.01. The maximum atomic E-state index is 13.1. The molecule has 0 saturated carbocycles. The van der Waals surface area contributed by atoms with Crippen LogP contribution < -0.4 is 11.1 Å². The van der Waals surface area contributed by atoms with Gasteiger partial charge in [0.05, 0.1) is 19.8 Å². The fraction of sp³-hybridized carbons (Fsp3) is 0.391. The molecule has 2 aliphatic heterocycles. The molecule has 164 valence electrons. The largest absolute Gasteiger partial charge is 0.444 e. The Hall–Kier alpha value is -2.94. The molecule has 0 aliphatic carbocycles. The van der Waals surface area contributed by atoms with E-state index in [9.17, 15) is 9.59 Å². The summed E-state index contributed by atoms with van der Waals surface area (Å²) in [6.07, 6.45) is 0.402. The van der Waals surface area contributed by atoms with Gasteiger partial charge in [0.25, 0.3) is 0 Å². The van der Waals surface area contributed by atoms with E-state index in [1.165, 1.54) is 4.90 Å². The molecule has 2 amide bonds. The molecule has 2 aliphatic rings. The third kappa shape index (κ3) is 4.71. The van der Waals surface area contributed by atoms with Crippen LogP contribution in [-0.4, -0.2) is 48.5 Å². The van der Waals surface area contributed by atoms with Gasteiger partial charge >= 0.3 is 6.09 Å². The van der Waals surface area contributed by atoms with Crippen molar-refractivity contribution in [1.29, 1.82) is 0 Å². The first-order valence-electron chi connectivity index (χ1n) is 10.4. The Bertz CT molecular complexity index is 914. The lowest BCUT2D eigenvalue weighted by atomic mass is 10.0. The summed E-state index contributed by atoms with van der Waals surface area (Å²) in [7, 11) is 0. The van der Waals surface area contributed by atoms with Crippen LogP contribution in [0.5, 0.6) is 0 Å². The molecule has 2 aromatic rings. The Morgan fingerprint density at radius 2 is 1.84 bits per heavy atom. The van der Waals surface area contributed by atoms with Crippen molar-refractivity contribution in [2.45, 2.75) is 37.8 Å². The van der Waals surface area contributed by atoms with E-state index in [2.05, 4.69) is 5.32 Å². The number of anilines is 1. The molecule has 8 nitrogen and oxygen atoms in total. The minimum Gasteiger partial charge on any atom is -0.444 e. The van der Waals surface area contributed by atoms with Crippen LogP contribution >= 0.6 is 0 Å². The Kier molecular flexibility index (Phi) is 6.50. The second kappa shape index (κ2) is 9.47. The first kappa shape index (κ1) is 21.3. The average Bonchev–Trinajstić information content (AvgIpc) is 3.17. The van der Waals surface area contributed by atoms with Gasteiger partial charge in [-0.2, -0.15) is 0 Å². The van der Waals surface area contributed by atoms with Crippen molar-refractivity contribution in [3.8, 4) is 0 Å². The lowest BCUT2D eigenvalue weighted by Gasteiger charge is -2.40. The molecule has 31 heavy (non-hydrogen) atoms. The van der Waals surface area contributed by atoms with Gasteiger partial charge < -0.3 is 25.3 Å². The first-order chi connectivity index (χ1) is 15.1. The summed E-state index contributed by atoms with van der Waals surface area (Å²) in [5.74, 6) is -0.325. The highest BCUT2D eigenvalue weighted by atomic mass is 16.6. The number of carbonyl (C=O) groups excluding carboxylic acids is 2. The smallest absolute Gasteiger partial charge is 0.413 e. The molecule has 2 heterocycles. The van der Waals surface area contributed by atoms with Gasteiger partial charge in [0.1, 0.15) is 12.6 Å². The van der Waals surface area contributed by atoms with E-state index < -0.39 is 17.9 Å². The average molecular weight is 425 g/mol. The minimum atomic E-state index is -0.896. The molecule has 2 fully saturated rings. The lowest BCUT2D eigenvalue weighted by molar-refractivity contribution is -0.140. The molecule has 2 aromatic carbocycles. The van der Waals surface area contributed by atoms with Gasteiger partial charge in [0.2, 0.25) is 5.91 Å². The topological polar surface area (TPSA) is 103 Å². The molecule has 0 aromatic heterocycles. The van der Waals surface area contributed by atoms with Crippen molar-refractivity contribution < 1.29 is 23.8 Å². The highest BCUT2D eigenvalue weighted by molar-refractivity contribution is 5.97. The van der Waals surface area contributed by atoms with E-state index in [4.69, 9.17) is 19.9 Å². The van der Waals surface area contributed by atoms with Crippen LogP contribution in [0, 0.1) is 0 Å². The third-order valence-electron chi connectivity index (χ3n) is 5.67. The van der Waals surface area contributed by atoms with E-state index in [1.54, 1.807) is 6.07 Å². The van der Waals surface area contributed by atoms with Gasteiger partial charge in [0, 0.05) is 25.1 Å². The summed E-state index contributed by atoms with van der Waals surface area (Å²) >= 11 is 0. The number of rotatable bonds is 5. The molecule has 1 spiro atoms. The van der Waals surface area contributed by atoms with Gasteiger partial charge in [-0.25, -0.2) is 4.79 Å². The van der Waals surface area contributed by atoms with Crippen LogP contribution in [0.4, 0.5) is 10.5 Å². The second-order valence-corrected chi connectivity index (χ2v) is 7.69. The number of benzene rings is 2. The van der Waals surface area contributed by atoms with E-state index in [1.807, 2.05) is 48.5 Å². The Morgan fingerprint density at radius 3 is 2.58 bits per heavy atom. The summed E-state index contributed by atoms with van der Waals surface area (Å²) in [4.78, 5) is 27.7. The van der Waals surface area contributed by atoms with Crippen LogP contribution in [0.2, 0.25) is 0 Å². The van der Waals surface area contributed by atoms with Crippen LogP contribution in [0.25, 0.3) is 0 Å². The monoisotopic (exact) mass is 425 g/mol. The van der Waals surface area contributed by atoms with Crippen molar-refractivity contribution in [2.75, 3.05) is 25.1 Å². The predicted octanol–water partition coefficient (Wildman–Crippen LogP) is 2.63. The first-order valence-corrected chi connectivity index (χ1v) is 10.4. The standard InChI is InChI=1S/C23H27N3O5/c24-14-18-7-4-8-19(13-18)25-21(27)20-16-31-23(9-11-29-12-10-23)26(20)22(28)30-15-17-5-2-1-3-6-17/h1-8,13,20H,9-12,14-16,24H2,(H,25,27)/t20-/m1/s1. The summed E-state index contributed by atoms with van der Waals surface area (Å²) in [5, 5.41) is 2.88. The summed E-state index contributed by atoms with van der Waals surface area (Å²) in [6, 6.07) is 15.9. The Balaban J connectivity index is 1.52. The number of nitrogens with two attached hydrogens (primary N) is 1. The predicted molar refractivity (Wildman–Crippen MR) is 114 cm³/mol. The Labute approximate surface area is 181 Å². The number of nitrogens with one attached hydrogen (secondary N) is 1. The summed E-state index contributed by atoms with van der Waals surface area (Å²) < 4.78 is 17.1. The molecule has 1 atom stereocenters. The van der Waals surface area contributed by atoms with E-state index in [0.29, 0.717) is 38.3 Å². The van der Waals surface area contributed by atoms with Gasteiger partial charge in [-0.1, -0.05) is 42.5 Å². The van der Waals surface area contributed by atoms with Crippen LogP contribution in [-0.2, 0) is 32.2 Å². The number of nitrogens with zero attached hydrogens (tertiary/aromatic N) is 1. The Morgan fingerprint density at radius 1 is 1.10 bits per heavy atom. The van der Waals surface area contributed by atoms with Crippen molar-refractivity contribution in [3.63, 3.8) is 0 Å². The normalized spacial score (nSPS) is 19.9. The van der Waals surface area contributed by atoms with Gasteiger partial charge in [-0.3, -0.25) is 9.69 Å². The number of hydrogen-bond donors (Lipinski definition) is 2. The van der Waals surface area contributed by atoms with Crippen molar-refractivity contribution in [1.82, 2.24) is 4.90 Å². The van der Waals surface area contributed by atoms with Crippen molar-refractivity contribution >= 4 is 17.7 Å². The highest BCUT2D eigenvalue weighted by Gasteiger charge is 2.54. The van der Waals surface area contributed by atoms with Crippen LogP contribution in [0.1, 0.15) is 24.0 Å². The van der Waals surface area contributed by atoms with Gasteiger partial charge in [0.15, 0.2) is 5.72 Å². The zero-order valence-electron chi connectivity index (χ0n) is 17.3. The number of ether oxygens (including phenoxy) is 3. The molecule has 3 N–H and O–H groups in total. The molecular weight excluding hydrogens is 398 g/mol. The fourth-order valence-corrected chi connectivity index (χ4v) is 4.01. The zero-order chi connectivity index (χ0) is 21.7. The number of hydrogen-bond acceptors (Lipinski definition) is 6. The maximum Gasteiger partial charge on any atom is 0.413 e. The minimum absolute atomic E-state index is 0.100. The van der Waals surface area contributed by atoms with E-state index in [-0.39, 0.29) is 19.1 Å². The molecule has 0 unspecified atom stereocenters. The highest BCUT2D eigenvalue weighted by Crippen LogP contribution is 2.37. The van der Waals surface area contributed by atoms with Gasteiger partial charge in [-0.15, -0.1) is 0 Å². The molecular formula is C23H27N3O5. The van der Waals surface area contributed by atoms with E-state index >= 15 is 0 Å². The second-order valence-electron chi connectivity index (χ2n) is 7.69. The van der Waals surface area contributed by atoms with Gasteiger partial charge in [-0.05, 0) is 23.3 Å². The maximum absolute atomic E-state index is 13.1. The molecule has 8 heteroatoms. The SMILES string of the molecule is NCc1cccc(NC(=O)[C@H]2COC3(CCOCC3)N2C(=O)OCc2ccccc2)c1. The van der Waals surface area contributed by atoms with Crippen molar-refractivity contribution in [2.24, 2.45) is 5.73 Å². The molecule has 4 rings (SSSR count). The van der Waals surface area contributed by atoms with Crippen molar-refractivity contribution in [3.05, 3.63) is 65.7 Å². The lowest BCUT2D eigenvalue weighted by Crippen LogP contribution is -2.56. The van der Waals surface area contributed by atoms with Crippen LogP contribution in [0.3, 0.4) is 0 Å². The summed E-state index contributed by atoms with van der Waals surface area (Å²) in [5.41, 5.74) is 7.20. The van der Waals surface area contributed by atoms with Crippen LogP contribution in [0.15, 0.2) is 54.6 Å². The number of carbonyl (C=O) groups is 2. The summed E-state index contributed by atoms with van der Waals surface area (Å²) in [6.45, 7) is 1.50. The number of amides is 2. The quantitative estimate of drug-likeness (QED) is 0.763. The third-order valence-corrected chi connectivity index (χ3v) is 5.67. The molecule has 2 saturated heterocycles. The molecule has 0 bridgehead atoms. The van der Waals surface area contributed by atoms with E-state index in [0.717, 1.165) is 11.1 Å². The zero-order valence-corrected chi connectivity index (χ0v) is 17.3.